The summed E-state index contributed by atoms with van der Waals surface area (Å²) in [6.07, 6.45) is 2.99. The van der Waals surface area contributed by atoms with Crippen LogP contribution in [0, 0.1) is 11.8 Å². The van der Waals surface area contributed by atoms with Gasteiger partial charge in [0.15, 0.2) is 0 Å². The van der Waals surface area contributed by atoms with Crippen molar-refractivity contribution in [2.45, 2.75) is 20.8 Å². The lowest BCUT2D eigenvalue weighted by molar-refractivity contribution is -0.146. The Kier molecular flexibility index (Phi) is 6.09. The number of nitrogens with zero attached hydrogens (tertiary/aromatic N) is 1. The van der Waals surface area contributed by atoms with Crippen molar-refractivity contribution >= 4 is 17.7 Å². The molecule has 5 heteroatoms. The Hall–Kier alpha value is -2.17. The number of carbonyl (C=O) groups is 2. The summed E-state index contributed by atoms with van der Waals surface area (Å²) in [7, 11) is 0. The second-order valence-electron chi connectivity index (χ2n) is 4.82. The van der Waals surface area contributed by atoms with Crippen molar-refractivity contribution in [2.24, 2.45) is 16.8 Å². The Morgan fingerprint density at radius 2 is 1.76 bits per heavy atom. The van der Waals surface area contributed by atoms with Crippen molar-refractivity contribution in [3.8, 4) is 0 Å². The van der Waals surface area contributed by atoms with Crippen LogP contribution < -0.4 is 0 Å². The number of carbonyl (C=O) groups excluding carboxylic acids is 2. The molecule has 0 saturated carbocycles. The molecule has 5 nitrogen and oxygen atoms in total. The maximum Gasteiger partial charge on any atom is 0.336 e. The zero-order valence-electron chi connectivity index (χ0n) is 12.7. The van der Waals surface area contributed by atoms with Crippen LogP contribution in [-0.2, 0) is 19.1 Å². The molecular formula is C16H21NO4. The number of ether oxygens (including phenoxy) is 2. The second kappa shape index (κ2) is 7.57. The first-order valence-corrected chi connectivity index (χ1v) is 6.75. The van der Waals surface area contributed by atoms with Gasteiger partial charge in [-0.1, -0.05) is 32.2 Å². The molecule has 0 fully saturated rings. The van der Waals surface area contributed by atoms with Crippen LogP contribution in [0.2, 0.25) is 0 Å². The number of aliphatic imine (C=N–C) groups is 1. The van der Waals surface area contributed by atoms with E-state index in [0.717, 1.165) is 0 Å². The maximum absolute atomic E-state index is 12.1. The predicted octanol–water partition coefficient (Wildman–Crippen LogP) is 2.45. The Bertz CT molecular complexity index is 516. The monoisotopic (exact) mass is 291 g/mol. The fourth-order valence-corrected chi connectivity index (χ4v) is 2.40. The lowest BCUT2D eigenvalue weighted by atomic mass is 9.81. The van der Waals surface area contributed by atoms with Crippen LogP contribution in [0.3, 0.4) is 0 Å². The summed E-state index contributed by atoms with van der Waals surface area (Å²) >= 11 is 0. The van der Waals surface area contributed by atoms with Gasteiger partial charge in [-0.3, -0.25) is 9.79 Å². The van der Waals surface area contributed by atoms with Gasteiger partial charge in [0.25, 0.3) is 0 Å². The molecule has 0 spiro atoms. The zero-order chi connectivity index (χ0) is 16.0. The third-order valence-electron chi connectivity index (χ3n) is 3.29. The van der Waals surface area contributed by atoms with Crippen molar-refractivity contribution in [1.29, 1.82) is 0 Å². The summed E-state index contributed by atoms with van der Waals surface area (Å²) in [5.74, 6) is -1.82. The van der Waals surface area contributed by atoms with Crippen LogP contribution in [-0.4, -0.2) is 30.9 Å². The van der Waals surface area contributed by atoms with Crippen LogP contribution in [0.25, 0.3) is 0 Å². The van der Waals surface area contributed by atoms with E-state index in [9.17, 15) is 9.59 Å². The molecule has 1 aliphatic rings. The average Bonchev–Trinajstić information content (AvgIpc) is 2.42. The van der Waals surface area contributed by atoms with E-state index in [0.29, 0.717) is 17.0 Å². The van der Waals surface area contributed by atoms with Crippen LogP contribution in [0.4, 0.5) is 0 Å². The first kappa shape index (κ1) is 16.9. The highest BCUT2D eigenvalue weighted by molar-refractivity contribution is 6.05. The van der Waals surface area contributed by atoms with Gasteiger partial charge in [-0.15, -0.1) is 0 Å². The van der Waals surface area contributed by atoms with Gasteiger partial charge in [0.05, 0.1) is 5.57 Å². The second-order valence-corrected chi connectivity index (χ2v) is 4.82. The first-order chi connectivity index (χ1) is 9.93. The topological polar surface area (TPSA) is 65.0 Å². The summed E-state index contributed by atoms with van der Waals surface area (Å²) in [6, 6.07) is 0. The van der Waals surface area contributed by atoms with Gasteiger partial charge in [-0.25, -0.2) is 4.79 Å². The first-order valence-electron chi connectivity index (χ1n) is 6.75. The third-order valence-corrected chi connectivity index (χ3v) is 3.29. The Morgan fingerprint density at radius 3 is 2.33 bits per heavy atom. The van der Waals surface area contributed by atoms with Gasteiger partial charge in [0.1, 0.15) is 19.1 Å². The molecule has 0 aromatic rings. The minimum absolute atomic E-state index is 0.122. The molecule has 0 radical (unpaired) electrons. The van der Waals surface area contributed by atoms with Crippen LogP contribution in [0.5, 0.6) is 0 Å². The minimum Gasteiger partial charge on any atom is -0.461 e. The van der Waals surface area contributed by atoms with Crippen LogP contribution in [0.1, 0.15) is 20.8 Å². The Morgan fingerprint density at radius 1 is 1.19 bits per heavy atom. The van der Waals surface area contributed by atoms with E-state index in [1.165, 1.54) is 12.2 Å². The molecular weight excluding hydrogens is 270 g/mol. The van der Waals surface area contributed by atoms with Gasteiger partial charge in [0, 0.05) is 17.3 Å². The maximum atomic E-state index is 12.1. The van der Waals surface area contributed by atoms with E-state index in [-0.39, 0.29) is 19.1 Å². The molecule has 2 atom stereocenters. The minimum atomic E-state index is -0.583. The molecule has 0 bridgehead atoms. The molecule has 0 aromatic carbocycles. The number of hydrogen-bond donors (Lipinski definition) is 0. The van der Waals surface area contributed by atoms with E-state index in [2.05, 4.69) is 18.2 Å². The highest BCUT2D eigenvalue weighted by Crippen LogP contribution is 2.32. The van der Waals surface area contributed by atoms with E-state index in [4.69, 9.17) is 9.47 Å². The molecule has 1 aliphatic heterocycles. The smallest absolute Gasteiger partial charge is 0.336 e. The third kappa shape index (κ3) is 3.90. The molecule has 0 aromatic heterocycles. The lowest BCUT2D eigenvalue weighted by Gasteiger charge is -2.28. The van der Waals surface area contributed by atoms with Crippen LogP contribution in [0.15, 0.2) is 41.6 Å². The predicted molar refractivity (Wildman–Crippen MR) is 80.8 cm³/mol. The summed E-state index contributed by atoms with van der Waals surface area (Å²) in [6.45, 7) is 12.5. The molecule has 21 heavy (non-hydrogen) atoms. The zero-order valence-corrected chi connectivity index (χ0v) is 12.7. The fraction of sp³-hybridized carbons (Fsp3) is 0.438. The van der Waals surface area contributed by atoms with Crippen molar-refractivity contribution in [3.05, 3.63) is 36.6 Å². The summed E-state index contributed by atoms with van der Waals surface area (Å²) < 4.78 is 10.2. The fourth-order valence-electron chi connectivity index (χ4n) is 2.40. The van der Waals surface area contributed by atoms with Crippen molar-refractivity contribution in [3.63, 3.8) is 0 Å². The van der Waals surface area contributed by atoms with Gasteiger partial charge in [-0.2, -0.15) is 0 Å². The van der Waals surface area contributed by atoms with Crippen LogP contribution >= 0.6 is 0 Å². The SMILES string of the molecule is C=CCOC(=O)C1=C(C)N=C(C)C(C(=O)OCC=C)C1C. The largest absolute Gasteiger partial charge is 0.461 e. The molecule has 0 N–H and O–H groups in total. The van der Waals surface area contributed by atoms with Crippen molar-refractivity contribution in [1.82, 2.24) is 0 Å². The highest BCUT2D eigenvalue weighted by Gasteiger charge is 2.38. The molecule has 1 rings (SSSR count). The van der Waals surface area contributed by atoms with Gasteiger partial charge >= 0.3 is 11.9 Å². The standard InChI is InChI=1S/C16H21NO4/c1-6-8-20-15(18)13-10(3)14(12(5)17-11(13)4)16(19)21-9-7-2/h6-7,10,13H,1-2,8-9H2,3-5H3. The molecule has 114 valence electrons. The molecule has 1 heterocycles. The van der Waals surface area contributed by atoms with Crippen molar-refractivity contribution < 1.29 is 19.1 Å². The molecule has 2 unspecified atom stereocenters. The molecule has 0 amide bonds. The van der Waals surface area contributed by atoms with Gasteiger partial charge in [-0.05, 0) is 13.8 Å². The van der Waals surface area contributed by atoms with Gasteiger partial charge < -0.3 is 9.47 Å². The normalized spacial score (nSPS) is 21.4. The summed E-state index contributed by atoms with van der Waals surface area (Å²) in [5, 5.41) is 0. The highest BCUT2D eigenvalue weighted by atomic mass is 16.5. The number of hydrogen-bond acceptors (Lipinski definition) is 5. The number of allylic oxidation sites excluding steroid dienone is 1. The Balaban J connectivity index is 3.01. The Labute approximate surface area is 125 Å². The van der Waals surface area contributed by atoms with Crippen molar-refractivity contribution in [2.75, 3.05) is 13.2 Å². The number of rotatable bonds is 6. The van der Waals surface area contributed by atoms with Gasteiger partial charge in [0.2, 0.25) is 0 Å². The van der Waals surface area contributed by atoms with E-state index >= 15 is 0 Å². The van der Waals surface area contributed by atoms with E-state index < -0.39 is 17.9 Å². The molecule has 0 aliphatic carbocycles. The number of esters is 2. The van der Waals surface area contributed by atoms with E-state index in [1.807, 2.05) is 0 Å². The average molecular weight is 291 g/mol. The quantitative estimate of drug-likeness (QED) is 0.557. The van der Waals surface area contributed by atoms with E-state index in [1.54, 1.807) is 20.8 Å². The lowest BCUT2D eigenvalue weighted by Crippen LogP contribution is -2.36. The summed E-state index contributed by atoms with van der Waals surface area (Å²) in [4.78, 5) is 28.5. The molecule has 0 saturated heterocycles. The summed E-state index contributed by atoms with van der Waals surface area (Å²) in [5.41, 5.74) is 1.61.